The number of amidine groups is 1. The SMILES string of the molecule is CCOCCOc1cccc(F)c1C(=N)N. The molecule has 0 amide bonds. The molecule has 16 heavy (non-hydrogen) atoms. The number of ether oxygens (including phenoxy) is 2. The number of benzene rings is 1. The van der Waals surface area contributed by atoms with E-state index in [1.54, 1.807) is 6.07 Å². The first-order valence-electron chi connectivity index (χ1n) is 5.00. The highest BCUT2D eigenvalue weighted by Crippen LogP contribution is 2.20. The fourth-order valence-electron chi connectivity index (χ4n) is 1.24. The van der Waals surface area contributed by atoms with Crippen LogP contribution in [0.5, 0.6) is 5.75 Å². The van der Waals surface area contributed by atoms with Crippen molar-refractivity contribution in [2.45, 2.75) is 6.92 Å². The maximum Gasteiger partial charge on any atom is 0.137 e. The largest absolute Gasteiger partial charge is 0.490 e. The van der Waals surface area contributed by atoms with Crippen LogP contribution in [0.1, 0.15) is 12.5 Å². The smallest absolute Gasteiger partial charge is 0.137 e. The van der Waals surface area contributed by atoms with E-state index in [1.807, 2.05) is 6.92 Å². The molecule has 0 unspecified atom stereocenters. The van der Waals surface area contributed by atoms with Crippen LogP contribution in [0.4, 0.5) is 4.39 Å². The summed E-state index contributed by atoms with van der Waals surface area (Å²) in [7, 11) is 0. The quantitative estimate of drug-likeness (QED) is 0.439. The van der Waals surface area contributed by atoms with Gasteiger partial charge in [-0.3, -0.25) is 5.41 Å². The van der Waals surface area contributed by atoms with Gasteiger partial charge in [-0.2, -0.15) is 0 Å². The van der Waals surface area contributed by atoms with Gasteiger partial charge in [0.2, 0.25) is 0 Å². The zero-order valence-corrected chi connectivity index (χ0v) is 9.13. The van der Waals surface area contributed by atoms with Gasteiger partial charge in [0.25, 0.3) is 0 Å². The van der Waals surface area contributed by atoms with Crippen molar-refractivity contribution in [3.8, 4) is 5.75 Å². The highest BCUT2D eigenvalue weighted by atomic mass is 19.1. The number of nitrogens with two attached hydrogens (primary N) is 1. The van der Waals surface area contributed by atoms with Gasteiger partial charge in [-0.25, -0.2) is 4.39 Å². The van der Waals surface area contributed by atoms with Gasteiger partial charge in [0, 0.05) is 6.61 Å². The molecule has 3 N–H and O–H groups in total. The van der Waals surface area contributed by atoms with Gasteiger partial charge in [0.1, 0.15) is 24.0 Å². The lowest BCUT2D eigenvalue weighted by molar-refractivity contribution is 0.110. The third kappa shape index (κ3) is 3.20. The van der Waals surface area contributed by atoms with Crippen LogP contribution in [0.3, 0.4) is 0 Å². The molecule has 0 aliphatic heterocycles. The summed E-state index contributed by atoms with van der Waals surface area (Å²) in [4.78, 5) is 0. The van der Waals surface area contributed by atoms with Crippen LogP contribution < -0.4 is 10.5 Å². The molecule has 1 rings (SSSR count). The summed E-state index contributed by atoms with van der Waals surface area (Å²) in [5.41, 5.74) is 5.28. The maximum absolute atomic E-state index is 13.3. The average Bonchev–Trinajstić information content (AvgIpc) is 2.24. The second kappa shape index (κ2) is 6.07. The minimum absolute atomic E-state index is 0.000927. The molecule has 1 aromatic rings. The molecule has 5 heteroatoms. The second-order valence-corrected chi connectivity index (χ2v) is 3.07. The van der Waals surface area contributed by atoms with Crippen LogP contribution in [0.25, 0.3) is 0 Å². The van der Waals surface area contributed by atoms with E-state index in [1.165, 1.54) is 12.1 Å². The number of rotatable bonds is 6. The molecule has 0 fully saturated rings. The van der Waals surface area contributed by atoms with E-state index in [0.29, 0.717) is 19.8 Å². The molecule has 0 aliphatic rings. The first kappa shape index (κ1) is 12.4. The average molecular weight is 226 g/mol. The molecule has 0 atom stereocenters. The monoisotopic (exact) mass is 226 g/mol. The van der Waals surface area contributed by atoms with E-state index >= 15 is 0 Å². The van der Waals surface area contributed by atoms with Crippen LogP contribution in [-0.2, 0) is 4.74 Å². The third-order valence-corrected chi connectivity index (χ3v) is 1.93. The fraction of sp³-hybridized carbons (Fsp3) is 0.364. The number of nitrogen functional groups attached to an aromatic ring is 1. The van der Waals surface area contributed by atoms with E-state index in [9.17, 15) is 4.39 Å². The molecule has 0 radical (unpaired) electrons. The van der Waals surface area contributed by atoms with Gasteiger partial charge < -0.3 is 15.2 Å². The van der Waals surface area contributed by atoms with Crippen LogP contribution >= 0.6 is 0 Å². The number of hydrogen-bond donors (Lipinski definition) is 2. The third-order valence-electron chi connectivity index (χ3n) is 1.93. The molecule has 0 aromatic heterocycles. The van der Waals surface area contributed by atoms with E-state index in [0.717, 1.165) is 0 Å². The molecule has 0 spiro atoms. The molecule has 4 nitrogen and oxygen atoms in total. The van der Waals surface area contributed by atoms with Gasteiger partial charge in [-0.1, -0.05) is 6.07 Å². The van der Waals surface area contributed by atoms with Gasteiger partial charge in [0.15, 0.2) is 0 Å². The van der Waals surface area contributed by atoms with Gasteiger partial charge in [-0.05, 0) is 19.1 Å². The van der Waals surface area contributed by atoms with Crippen molar-refractivity contribution in [2.75, 3.05) is 19.8 Å². The molecular weight excluding hydrogens is 211 g/mol. The zero-order valence-electron chi connectivity index (χ0n) is 9.13. The molecule has 0 bridgehead atoms. The van der Waals surface area contributed by atoms with Crippen molar-refractivity contribution in [3.05, 3.63) is 29.6 Å². The summed E-state index contributed by atoms with van der Waals surface area (Å²) >= 11 is 0. The lowest BCUT2D eigenvalue weighted by Crippen LogP contribution is -2.16. The lowest BCUT2D eigenvalue weighted by atomic mass is 10.1. The van der Waals surface area contributed by atoms with Crippen molar-refractivity contribution in [1.29, 1.82) is 5.41 Å². The highest BCUT2D eigenvalue weighted by molar-refractivity contribution is 5.97. The first-order valence-corrected chi connectivity index (χ1v) is 5.00. The normalized spacial score (nSPS) is 10.1. The van der Waals surface area contributed by atoms with Gasteiger partial charge in [-0.15, -0.1) is 0 Å². The molecule has 0 saturated heterocycles. The Morgan fingerprint density at radius 2 is 2.19 bits per heavy atom. The second-order valence-electron chi connectivity index (χ2n) is 3.07. The Morgan fingerprint density at radius 1 is 1.44 bits per heavy atom. The van der Waals surface area contributed by atoms with Crippen molar-refractivity contribution < 1.29 is 13.9 Å². The summed E-state index contributed by atoms with van der Waals surface area (Å²) in [6.45, 7) is 3.21. The molecule has 0 aliphatic carbocycles. The van der Waals surface area contributed by atoms with Crippen LogP contribution in [0.15, 0.2) is 18.2 Å². The van der Waals surface area contributed by atoms with Crippen molar-refractivity contribution >= 4 is 5.84 Å². The van der Waals surface area contributed by atoms with Crippen molar-refractivity contribution in [1.82, 2.24) is 0 Å². The summed E-state index contributed by atoms with van der Waals surface area (Å²) in [6.07, 6.45) is 0. The number of halogens is 1. The lowest BCUT2D eigenvalue weighted by Gasteiger charge is -2.10. The topological polar surface area (TPSA) is 68.3 Å². The maximum atomic E-state index is 13.3. The minimum Gasteiger partial charge on any atom is -0.490 e. The number of nitrogens with one attached hydrogen (secondary N) is 1. The van der Waals surface area contributed by atoms with E-state index in [4.69, 9.17) is 20.6 Å². The van der Waals surface area contributed by atoms with Gasteiger partial charge >= 0.3 is 0 Å². The van der Waals surface area contributed by atoms with Crippen LogP contribution in [0.2, 0.25) is 0 Å². The van der Waals surface area contributed by atoms with Crippen molar-refractivity contribution in [2.24, 2.45) is 5.73 Å². The predicted molar refractivity (Wildman–Crippen MR) is 59.4 cm³/mol. The Hall–Kier alpha value is -1.62. The predicted octanol–water partition coefficient (Wildman–Crippen LogP) is 1.53. The highest BCUT2D eigenvalue weighted by Gasteiger charge is 2.11. The Bertz CT molecular complexity index is 369. The van der Waals surface area contributed by atoms with Crippen molar-refractivity contribution in [3.63, 3.8) is 0 Å². The van der Waals surface area contributed by atoms with Crippen LogP contribution in [-0.4, -0.2) is 25.7 Å². The Balaban J connectivity index is 2.71. The summed E-state index contributed by atoms with van der Waals surface area (Å²) in [6, 6.07) is 4.33. The fourth-order valence-corrected chi connectivity index (χ4v) is 1.24. The molecule has 88 valence electrons. The number of hydrogen-bond acceptors (Lipinski definition) is 3. The van der Waals surface area contributed by atoms with E-state index in [2.05, 4.69) is 0 Å². The molecule has 1 aromatic carbocycles. The summed E-state index contributed by atoms with van der Waals surface area (Å²) < 4.78 is 23.7. The molecule has 0 saturated carbocycles. The van der Waals surface area contributed by atoms with E-state index in [-0.39, 0.29) is 17.1 Å². The zero-order chi connectivity index (χ0) is 12.0. The Labute approximate surface area is 93.7 Å². The molecule has 0 heterocycles. The first-order chi connectivity index (χ1) is 7.66. The Kier molecular flexibility index (Phi) is 4.72. The minimum atomic E-state index is -0.554. The van der Waals surface area contributed by atoms with Gasteiger partial charge in [0.05, 0.1) is 12.2 Å². The van der Waals surface area contributed by atoms with E-state index < -0.39 is 5.82 Å². The summed E-state index contributed by atoms with van der Waals surface area (Å²) in [5.74, 6) is -0.627. The molecular formula is C11H15FN2O2. The summed E-state index contributed by atoms with van der Waals surface area (Å²) in [5, 5.41) is 7.26. The standard InChI is InChI=1S/C11H15FN2O2/c1-2-15-6-7-16-9-5-3-4-8(12)10(9)11(13)14/h3-5H,2,6-7H2,1H3,(H3,13,14). The Morgan fingerprint density at radius 3 is 2.81 bits per heavy atom. The van der Waals surface area contributed by atoms with Crippen LogP contribution in [0, 0.1) is 11.2 Å².